The Balaban J connectivity index is 2.06. The van der Waals surface area contributed by atoms with E-state index in [0.717, 1.165) is 29.4 Å². The van der Waals surface area contributed by atoms with Crippen molar-refractivity contribution in [1.29, 1.82) is 0 Å². The number of nitrogens with zero attached hydrogens (tertiary/aromatic N) is 1. The van der Waals surface area contributed by atoms with Gasteiger partial charge in [0.15, 0.2) is 0 Å². The maximum atomic E-state index is 11.0. The van der Waals surface area contributed by atoms with Crippen LogP contribution in [0.25, 0.3) is 10.8 Å². The van der Waals surface area contributed by atoms with Gasteiger partial charge in [-0.15, -0.1) is 0 Å². The van der Waals surface area contributed by atoms with Crippen LogP contribution in [-0.4, -0.2) is 29.6 Å². The molecule has 1 N–H and O–H groups in total. The third-order valence-electron chi connectivity index (χ3n) is 5.34. The van der Waals surface area contributed by atoms with Crippen LogP contribution < -0.4 is 0 Å². The Bertz CT molecular complexity index is 660. The summed E-state index contributed by atoms with van der Waals surface area (Å²) in [4.78, 5) is 2.44. The number of benzene rings is 2. The molecule has 0 radical (unpaired) electrons. The fourth-order valence-electron chi connectivity index (χ4n) is 3.76. The lowest BCUT2D eigenvalue weighted by Gasteiger charge is -2.26. The Morgan fingerprint density at radius 3 is 2.11 bits per heavy atom. The van der Waals surface area contributed by atoms with Crippen molar-refractivity contribution < 1.29 is 5.11 Å². The molecule has 3 heteroatoms. The second kappa shape index (κ2) is 12.4. The molecule has 0 saturated heterocycles. The minimum absolute atomic E-state index is 0.555. The van der Waals surface area contributed by atoms with Crippen molar-refractivity contribution in [3.63, 3.8) is 0 Å². The highest BCUT2D eigenvalue weighted by atomic mass is 35.5. The molecule has 150 valence electrons. The molecule has 27 heavy (non-hydrogen) atoms. The summed E-state index contributed by atoms with van der Waals surface area (Å²) in [5.41, 5.74) is 0.877. The van der Waals surface area contributed by atoms with Gasteiger partial charge in [0, 0.05) is 17.1 Å². The van der Waals surface area contributed by atoms with Crippen molar-refractivity contribution in [2.45, 2.75) is 71.3 Å². The van der Waals surface area contributed by atoms with Crippen LogP contribution in [0.15, 0.2) is 36.4 Å². The van der Waals surface area contributed by atoms with Crippen LogP contribution in [0, 0.1) is 0 Å². The van der Waals surface area contributed by atoms with Crippen LogP contribution >= 0.6 is 11.6 Å². The molecule has 0 heterocycles. The summed E-state index contributed by atoms with van der Waals surface area (Å²) in [6, 6.07) is 12.1. The smallest absolute Gasteiger partial charge is 0.0937 e. The van der Waals surface area contributed by atoms with Gasteiger partial charge in [-0.2, -0.15) is 0 Å². The lowest BCUT2D eigenvalue weighted by molar-refractivity contribution is 0.111. The second-order valence-electron chi connectivity index (χ2n) is 7.62. The van der Waals surface area contributed by atoms with Crippen LogP contribution in [0.2, 0.25) is 5.02 Å². The molecule has 0 aliphatic carbocycles. The van der Waals surface area contributed by atoms with E-state index in [2.05, 4.69) is 30.9 Å². The molecule has 0 aliphatic rings. The van der Waals surface area contributed by atoms with Gasteiger partial charge >= 0.3 is 0 Å². The van der Waals surface area contributed by atoms with E-state index in [4.69, 9.17) is 11.6 Å². The van der Waals surface area contributed by atoms with Crippen LogP contribution in [-0.2, 0) is 0 Å². The van der Waals surface area contributed by atoms with Gasteiger partial charge in [-0.1, -0.05) is 94.3 Å². The van der Waals surface area contributed by atoms with Gasteiger partial charge in [0.05, 0.1) is 6.10 Å². The summed E-state index contributed by atoms with van der Waals surface area (Å²) in [7, 11) is 0. The van der Waals surface area contributed by atoms with Gasteiger partial charge < -0.3 is 10.0 Å². The number of rotatable bonds is 13. The maximum absolute atomic E-state index is 11.0. The highest BCUT2D eigenvalue weighted by Crippen LogP contribution is 2.31. The summed E-state index contributed by atoms with van der Waals surface area (Å²) >= 11 is 6.49. The average Bonchev–Trinajstić information content (AvgIpc) is 2.68. The zero-order valence-corrected chi connectivity index (χ0v) is 17.8. The second-order valence-corrected chi connectivity index (χ2v) is 8.03. The monoisotopic (exact) mass is 389 g/mol. The number of fused-ring (bicyclic) bond motifs is 1. The standard InChI is InChI=1S/C24H36ClNO/c1-3-5-7-11-17-26(18-12-8-6-4-2)19-23(27)24-21-14-10-9-13-20(21)15-16-22(24)25/h9-10,13-16,23,27H,3-8,11-12,17-19H2,1-2H3/t23-/m0/s1. The molecule has 2 aromatic carbocycles. The molecule has 0 amide bonds. The first-order valence-corrected chi connectivity index (χ1v) is 11.1. The van der Waals surface area contributed by atoms with E-state index in [1.54, 1.807) is 0 Å². The van der Waals surface area contributed by atoms with Crippen LogP contribution in [0.1, 0.15) is 76.9 Å². The Hall–Kier alpha value is -1.09. The van der Waals surface area contributed by atoms with Gasteiger partial charge in [-0.3, -0.25) is 0 Å². The first kappa shape index (κ1) is 22.2. The zero-order valence-electron chi connectivity index (χ0n) is 17.1. The van der Waals surface area contributed by atoms with E-state index >= 15 is 0 Å². The first-order valence-electron chi connectivity index (χ1n) is 10.7. The topological polar surface area (TPSA) is 23.5 Å². The van der Waals surface area contributed by atoms with E-state index < -0.39 is 6.10 Å². The molecule has 0 saturated carbocycles. The van der Waals surface area contributed by atoms with Crippen LogP contribution in [0.4, 0.5) is 0 Å². The van der Waals surface area contributed by atoms with Gasteiger partial charge in [0.1, 0.15) is 0 Å². The van der Waals surface area contributed by atoms with Crippen LogP contribution in [0.3, 0.4) is 0 Å². The predicted molar refractivity (Wildman–Crippen MR) is 119 cm³/mol. The number of unbranched alkanes of at least 4 members (excludes halogenated alkanes) is 6. The van der Waals surface area contributed by atoms with Crippen molar-refractivity contribution in [1.82, 2.24) is 4.90 Å². The maximum Gasteiger partial charge on any atom is 0.0937 e. The largest absolute Gasteiger partial charge is 0.387 e. The number of halogens is 1. The Kier molecular flexibility index (Phi) is 10.2. The van der Waals surface area contributed by atoms with E-state index in [1.807, 2.05) is 24.3 Å². The minimum atomic E-state index is -0.555. The Morgan fingerprint density at radius 1 is 0.852 bits per heavy atom. The molecule has 0 fully saturated rings. The van der Waals surface area contributed by atoms with Crippen molar-refractivity contribution in [3.05, 3.63) is 47.0 Å². The summed E-state index contributed by atoms with van der Waals surface area (Å²) in [6.45, 7) is 7.27. The molecule has 0 aromatic heterocycles. The van der Waals surface area contributed by atoms with Crippen molar-refractivity contribution >= 4 is 22.4 Å². The lowest BCUT2D eigenvalue weighted by Crippen LogP contribution is -2.31. The van der Waals surface area contributed by atoms with E-state index in [9.17, 15) is 5.11 Å². The van der Waals surface area contributed by atoms with Gasteiger partial charge in [-0.25, -0.2) is 0 Å². The number of aliphatic hydroxyl groups is 1. The third kappa shape index (κ3) is 7.10. The summed E-state index contributed by atoms with van der Waals surface area (Å²) < 4.78 is 0. The summed E-state index contributed by atoms with van der Waals surface area (Å²) in [5, 5.41) is 13.9. The fraction of sp³-hybridized carbons (Fsp3) is 0.583. The molecule has 2 rings (SSSR count). The van der Waals surface area contributed by atoms with Crippen molar-refractivity contribution in [3.8, 4) is 0 Å². The molecular formula is C24H36ClNO. The molecule has 0 unspecified atom stereocenters. The van der Waals surface area contributed by atoms with Gasteiger partial charge in [-0.05, 0) is 42.8 Å². The number of hydrogen-bond acceptors (Lipinski definition) is 2. The normalized spacial score (nSPS) is 12.8. The lowest BCUT2D eigenvalue weighted by atomic mass is 9.99. The molecule has 2 nitrogen and oxygen atoms in total. The molecule has 0 bridgehead atoms. The third-order valence-corrected chi connectivity index (χ3v) is 5.67. The first-order chi connectivity index (χ1) is 13.2. The summed E-state index contributed by atoms with van der Waals surface area (Å²) in [6.07, 6.45) is 9.49. The molecule has 0 spiro atoms. The number of aliphatic hydroxyl groups excluding tert-OH is 1. The van der Waals surface area contributed by atoms with Crippen molar-refractivity contribution in [2.24, 2.45) is 0 Å². The highest BCUT2D eigenvalue weighted by molar-refractivity contribution is 6.32. The average molecular weight is 390 g/mol. The molecular weight excluding hydrogens is 354 g/mol. The van der Waals surface area contributed by atoms with Crippen LogP contribution in [0.5, 0.6) is 0 Å². The molecule has 0 aliphatic heterocycles. The van der Waals surface area contributed by atoms with E-state index in [0.29, 0.717) is 11.6 Å². The SMILES string of the molecule is CCCCCCN(CCCCCC)C[C@H](O)c1c(Cl)ccc2ccccc12. The summed E-state index contributed by atoms with van der Waals surface area (Å²) in [5.74, 6) is 0. The highest BCUT2D eigenvalue weighted by Gasteiger charge is 2.18. The zero-order chi connectivity index (χ0) is 19.5. The van der Waals surface area contributed by atoms with E-state index in [1.165, 1.54) is 51.4 Å². The fourth-order valence-corrected chi connectivity index (χ4v) is 4.05. The van der Waals surface area contributed by atoms with E-state index in [-0.39, 0.29) is 0 Å². The van der Waals surface area contributed by atoms with Gasteiger partial charge in [0.25, 0.3) is 0 Å². The number of hydrogen-bond donors (Lipinski definition) is 1. The van der Waals surface area contributed by atoms with Crippen molar-refractivity contribution in [2.75, 3.05) is 19.6 Å². The quantitative estimate of drug-likeness (QED) is 0.373. The Morgan fingerprint density at radius 2 is 1.48 bits per heavy atom. The Labute approximate surface area is 170 Å². The molecule has 1 atom stereocenters. The predicted octanol–water partition coefficient (Wildman–Crippen LogP) is 6.99. The minimum Gasteiger partial charge on any atom is -0.387 e. The molecule has 2 aromatic rings. The van der Waals surface area contributed by atoms with Gasteiger partial charge in [0.2, 0.25) is 0 Å².